The number of nitrogens with one attached hydrogen (secondary N) is 2. The smallest absolute Gasteiger partial charge is 0.227 e. The van der Waals surface area contributed by atoms with Crippen LogP contribution in [0.15, 0.2) is 67.0 Å². The normalized spacial score (nSPS) is 10.7. The first-order chi connectivity index (χ1) is 12.7. The lowest BCUT2D eigenvalue weighted by Gasteiger charge is -2.09. The average molecular weight is 341 g/mol. The van der Waals surface area contributed by atoms with Crippen molar-refractivity contribution < 1.29 is 0 Å². The molecule has 2 heterocycles. The first kappa shape index (κ1) is 16.0. The van der Waals surface area contributed by atoms with Crippen LogP contribution in [-0.4, -0.2) is 20.2 Å². The highest BCUT2D eigenvalue weighted by Gasteiger charge is 2.12. The Morgan fingerprint density at radius 3 is 2.46 bits per heavy atom. The Morgan fingerprint density at radius 1 is 0.923 bits per heavy atom. The maximum atomic E-state index is 4.66. The van der Waals surface area contributed by atoms with Crippen LogP contribution in [0.4, 0.5) is 11.6 Å². The molecule has 0 radical (unpaired) electrons. The number of nitrogens with zero attached hydrogens (tertiary/aromatic N) is 3. The summed E-state index contributed by atoms with van der Waals surface area (Å²) in [6.45, 7) is 4.15. The fourth-order valence-electron chi connectivity index (χ4n) is 3.05. The maximum absolute atomic E-state index is 4.66. The van der Waals surface area contributed by atoms with Gasteiger partial charge in [-0.05, 0) is 48.7 Å². The van der Waals surface area contributed by atoms with Gasteiger partial charge in [0.05, 0.1) is 17.6 Å². The number of anilines is 2. The molecule has 5 nitrogen and oxygen atoms in total. The van der Waals surface area contributed by atoms with Gasteiger partial charge in [0.25, 0.3) is 0 Å². The molecule has 2 aromatic heterocycles. The molecular formula is C21H19N5. The quantitative estimate of drug-likeness (QED) is 0.554. The van der Waals surface area contributed by atoms with Gasteiger partial charge in [-0.25, -0.2) is 9.97 Å². The molecule has 2 N–H and O–H groups in total. The number of aryl methyl sites for hydroxylation is 2. The number of aromatic nitrogens is 4. The molecule has 0 saturated heterocycles. The number of rotatable bonds is 4. The molecule has 26 heavy (non-hydrogen) atoms. The van der Waals surface area contributed by atoms with Crippen molar-refractivity contribution in [3.05, 3.63) is 78.1 Å². The highest BCUT2D eigenvalue weighted by Crippen LogP contribution is 2.29. The summed E-state index contributed by atoms with van der Waals surface area (Å²) >= 11 is 0. The van der Waals surface area contributed by atoms with E-state index in [-0.39, 0.29) is 0 Å². The minimum Gasteiger partial charge on any atom is -0.324 e. The minimum absolute atomic E-state index is 0.557. The second-order valence-electron chi connectivity index (χ2n) is 6.29. The summed E-state index contributed by atoms with van der Waals surface area (Å²) < 4.78 is 0. The summed E-state index contributed by atoms with van der Waals surface area (Å²) in [5.41, 5.74) is 7.16. The number of H-pyrrole nitrogens is 1. The topological polar surface area (TPSA) is 66.5 Å². The predicted molar refractivity (Wildman–Crippen MR) is 104 cm³/mol. The Balaban J connectivity index is 1.68. The van der Waals surface area contributed by atoms with Gasteiger partial charge in [-0.1, -0.05) is 36.4 Å². The van der Waals surface area contributed by atoms with Crippen molar-refractivity contribution in [3.63, 3.8) is 0 Å². The van der Waals surface area contributed by atoms with Crippen molar-refractivity contribution in [1.29, 1.82) is 0 Å². The molecule has 0 aliphatic carbocycles. The van der Waals surface area contributed by atoms with Crippen molar-refractivity contribution in [3.8, 4) is 22.5 Å². The van der Waals surface area contributed by atoms with Gasteiger partial charge >= 0.3 is 0 Å². The van der Waals surface area contributed by atoms with Crippen LogP contribution in [0.25, 0.3) is 22.5 Å². The van der Waals surface area contributed by atoms with E-state index >= 15 is 0 Å². The van der Waals surface area contributed by atoms with Gasteiger partial charge < -0.3 is 5.32 Å². The molecule has 0 atom stereocenters. The van der Waals surface area contributed by atoms with Gasteiger partial charge in [0.15, 0.2) is 0 Å². The van der Waals surface area contributed by atoms with Crippen LogP contribution in [0.3, 0.4) is 0 Å². The van der Waals surface area contributed by atoms with Crippen LogP contribution in [-0.2, 0) is 0 Å². The Kier molecular flexibility index (Phi) is 4.19. The molecule has 0 fully saturated rings. The van der Waals surface area contributed by atoms with Gasteiger partial charge in [-0.2, -0.15) is 5.10 Å². The van der Waals surface area contributed by atoms with Gasteiger partial charge in [-0.3, -0.25) is 5.10 Å². The molecule has 128 valence electrons. The zero-order chi connectivity index (χ0) is 17.9. The summed E-state index contributed by atoms with van der Waals surface area (Å²) in [7, 11) is 0. The second-order valence-corrected chi connectivity index (χ2v) is 6.29. The van der Waals surface area contributed by atoms with E-state index < -0.39 is 0 Å². The highest BCUT2D eigenvalue weighted by molar-refractivity contribution is 5.78. The van der Waals surface area contributed by atoms with Gasteiger partial charge in [0.1, 0.15) is 0 Å². The molecule has 0 aliphatic rings. The molecule has 4 rings (SSSR count). The van der Waals surface area contributed by atoms with Gasteiger partial charge in [-0.15, -0.1) is 0 Å². The molecule has 0 saturated carbocycles. The summed E-state index contributed by atoms with van der Waals surface area (Å²) in [6, 6.07) is 18.3. The first-order valence-electron chi connectivity index (χ1n) is 8.46. The lowest BCUT2D eigenvalue weighted by atomic mass is 10.1. The Labute approximate surface area is 152 Å². The third kappa shape index (κ3) is 3.32. The van der Waals surface area contributed by atoms with Crippen molar-refractivity contribution in [2.24, 2.45) is 0 Å². The van der Waals surface area contributed by atoms with Gasteiger partial charge in [0, 0.05) is 17.4 Å². The molecule has 4 aromatic rings. The number of aromatic amines is 1. The molecule has 5 heteroatoms. The zero-order valence-electron chi connectivity index (χ0n) is 14.7. The third-order valence-electron chi connectivity index (χ3n) is 4.11. The van der Waals surface area contributed by atoms with Gasteiger partial charge in [0.2, 0.25) is 5.95 Å². The van der Waals surface area contributed by atoms with E-state index in [0.29, 0.717) is 5.95 Å². The monoisotopic (exact) mass is 341 g/mol. The number of benzene rings is 2. The van der Waals surface area contributed by atoms with Crippen LogP contribution < -0.4 is 5.32 Å². The standard InChI is InChI=1S/C21H19N5/c1-14-10-15(2)12-17(11-14)24-21-22-9-8-19(25-21)20-18(13-23-26-20)16-6-4-3-5-7-16/h3-13H,1-2H3,(H,23,26)(H,22,24,25). The summed E-state index contributed by atoms with van der Waals surface area (Å²) in [4.78, 5) is 9.01. The zero-order valence-corrected chi connectivity index (χ0v) is 14.7. The molecule has 0 spiro atoms. The largest absolute Gasteiger partial charge is 0.324 e. The molecule has 0 unspecified atom stereocenters. The lowest BCUT2D eigenvalue weighted by molar-refractivity contribution is 1.08. The van der Waals surface area contributed by atoms with E-state index in [1.807, 2.05) is 30.5 Å². The highest BCUT2D eigenvalue weighted by atomic mass is 15.1. The van der Waals surface area contributed by atoms with E-state index in [1.165, 1.54) is 11.1 Å². The molecular weight excluding hydrogens is 322 g/mol. The Morgan fingerprint density at radius 2 is 1.69 bits per heavy atom. The van der Waals surface area contributed by atoms with Crippen LogP contribution in [0.1, 0.15) is 11.1 Å². The predicted octanol–water partition coefficient (Wildman–Crippen LogP) is 4.89. The van der Waals surface area contributed by atoms with Crippen molar-refractivity contribution in [2.45, 2.75) is 13.8 Å². The number of hydrogen-bond donors (Lipinski definition) is 2. The summed E-state index contributed by atoms with van der Waals surface area (Å²) in [6.07, 6.45) is 3.58. The van der Waals surface area contributed by atoms with Crippen molar-refractivity contribution >= 4 is 11.6 Å². The first-order valence-corrected chi connectivity index (χ1v) is 8.46. The molecule has 0 amide bonds. The van der Waals surface area contributed by atoms with Crippen molar-refractivity contribution in [2.75, 3.05) is 5.32 Å². The summed E-state index contributed by atoms with van der Waals surface area (Å²) in [5.74, 6) is 0.557. The fourth-order valence-corrected chi connectivity index (χ4v) is 3.05. The molecule has 0 aliphatic heterocycles. The summed E-state index contributed by atoms with van der Waals surface area (Å²) in [5, 5.41) is 10.6. The third-order valence-corrected chi connectivity index (χ3v) is 4.11. The average Bonchev–Trinajstić information content (AvgIpc) is 3.12. The van der Waals surface area contributed by atoms with E-state index in [4.69, 9.17) is 0 Å². The molecule has 2 aromatic carbocycles. The lowest BCUT2D eigenvalue weighted by Crippen LogP contribution is -1.99. The maximum Gasteiger partial charge on any atom is 0.227 e. The van der Waals surface area contributed by atoms with E-state index in [1.54, 1.807) is 6.20 Å². The van der Waals surface area contributed by atoms with E-state index in [0.717, 1.165) is 28.2 Å². The minimum atomic E-state index is 0.557. The SMILES string of the molecule is Cc1cc(C)cc(Nc2nccc(-c3[nH]ncc3-c3ccccc3)n2)c1. The van der Waals surface area contributed by atoms with E-state index in [9.17, 15) is 0 Å². The van der Waals surface area contributed by atoms with Crippen LogP contribution >= 0.6 is 0 Å². The van der Waals surface area contributed by atoms with E-state index in [2.05, 4.69) is 69.7 Å². The van der Waals surface area contributed by atoms with Crippen LogP contribution in [0.5, 0.6) is 0 Å². The van der Waals surface area contributed by atoms with Crippen molar-refractivity contribution in [1.82, 2.24) is 20.2 Å². The fraction of sp³-hybridized carbons (Fsp3) is 0.0952. The molecule has 0 bridgehead atoms. The second kappa shape index (κ2) is 6.80. The Hall–Kier alpha value is -3.47. The Bertz CT molecular complexity index is 1020. The number of hydrogen-bond acceptors (Lipinski definition) is 4. The van der Waals surface area contributed by atoms with Crippen LogP contribution in [0, 0.1) is 13.8 Å². The van der Waals surface area contributed by atoms with Crippen LogP contribution in [0.2, 0.25) is 0 Å².